The molecule has 2 aliphatic rings. The Labute approximate surface area is 93.7 Å². The van der Waals surface area contributed by atoms with E-state index >= 15 is 0 Å². The maximum atomic E-state index is 3.85. The lowest BCUT2D eigenvalue weighted by atomic mass is 10.2. The van der Waals surface area contributed by atoms with Crippen molar-refractivity contribution in [1.29, 1.82) is 0 Å². The Hall–Kier alpha value is -0.340. The van der Waals surface area contributed by atoms with Crippen LogP contribution in [0.4, 0.5) is 0 Å². The third kappa shape index (κ3) is 3.62. The number of rotatable bonds is 8. The van der Waals surface area contributed by atoms with E-state index in [-0.39, 0.29) is 0 Å². The Balaban J connectivity index is 1.65. The van der Waals surface area contributed by atoms with E-state index in [1.807, 2.05) is 6.08 Å². The molecule has 0 radical (unpaired) electrons. The summed E-state index contributed by atoms with van der Waals surface area (Å²) < 4.78 is 0. The van der Waals surface area contributed by atoms with Crippen molar-refractivity contribution in [3.05, 3.63) is 12.7 Å². The molecule has 1 N–H and O–H groups in total. The monoisotopic (exact) mass is 208 g/mol. The van der Waals surface area contributed by atoms with Crippen molar-refractivity contribution in [2.75, 3.05) is 13.1 Å². The molecule has 2 heteroatoms. The fraction of sp³-hybridized carbons (Fsp3) is 0.846. The van der Waals surface area contributed by atoms with Gasteiger partial charge in [0.1, 0.15) is 0 Å². The minimum absolute atomic E-state index is 0.710. The van der Waals surface area contributed by atoms with Gasteiger partial charge in [-0.05, 0) is 45.6 Å². The van der Waals surface area contributed by atoms with Crippen LogP contribution in [0.2, 0.25) is 0 Å². The molecule has 0 bridgehead atoms. The molecular formula is C13H24N2. The smallest absolute Gasteiger partial charge is 0.0166 e. The van der Waals surface area contributed by atoms with Gasteiger partial charge in [0, 0.05) is 24.7 Å². The van der Waals surface area contributed by atoms with Crippen LogP contribution in [0.25, 0.3) is 0 Å². The molecule has 0 saturated heterocycles. The van der Waals surface area contributed by atoms with Gasteiger partial charge in [-0.2, -0.15) is 0 Å². The summed E-state index contributed by atoms with van der Waals surface area (Å²) in [6.45, 7) is 8.46. The molecule has 0 amide bonds. The predicted molar refractivity (Wildman–Crippen MR) is 65.0 cm³/mol. The molecule has 2 rings (SSSR count). The molecule has 2 nitrogen and oxygen atoms in total. The number of hydrogen-bond donors (Lipinski definition) is 1. The Kier molecular flexibility index (Phi) is 3.81. The third-order valence-electron chi connectivity index (χ3n) is 3.49. The van der Waals surface area contributed by atoms with E-state index in [0.717, 1.165) is 18.6 Å². The molecular weight excluding hydrogens is 184 g/mol. The second-order valence-electron chi connectivity index (χ2n) is 5.08. The van der Waals surface area contributed by atoms with Crippen LogP contribution in [0.3, 0.4) is 0 Å². The first kappa shape index (κ1) is 11.2. The van der Waals surface area contributed by atoms with Gasteiger partial charge in [-0.25, -0.2) is 0 Å². The van der Waals surface area contributed by atoms with Gasteiger partial charge >= 0.3 is 0 Å². The third-order valence-corrected chi connectivity index (χ3v) is 3.49. The first-order valence-electron chi connectivity index (χ1n) is 6.41. The lowest BCUT2D eigenvalue weighted by Gasteiger charge is -2.28. The van der Waals surface area contributed by atoms with Crippen LogP contribution in [0.5, 0.6) is 0 Å². The van der Waals surface area contributed by atoms with Crippen LogP contribution in [0, 0.1) is 0 Å². The van der Waals surface area contributed by atoms with Crippen molar-refractivity contribution < 1.29 is 0 Å². The van der Waals surface area contributed by atoms with Crippen molar-refractivity contribution >= 4 is 0 Å². The predicted octanol–water partition coefficient (Wildman–Crippen LogP) is 2.17. The Bertz CT molecular complexity index is 207. The van der Waals surface area contributed by atoms with E-state index in [9.17, 15) is 0 Å². The molecule has 2 saturated carbocycles. The minimum Gasteiger partial charge on any atom is -0.314 e. The molecule has 0 spiro atoms. The number of hydrogen-bond acceptors (Lipinski definition) is 2. The molecule has 15 heavy (non-hydrogen) atoms. The van der Waals surface area contributed by atoms with Gasteiger partial charge in [-0.15, -0.1) is 6.58 Å². The normalized spacial score (nSPS) is 23.1. The number of nitrogens with zero attached hydrogens (tertiary/aromatic N) is 1. The lowest BCUT2D eigenvalue weighted by Crippen LogP contribution is -2.37. The van der Waals surface area contributed by atoms with E-state index in [0.29, 0.717) is 6.04 Å². The molecule has 1 unspecified atom stereocenters. The second-order valence-corrected chi connectivity index (χ2v) is 5.08. The SMILES string of the molecule is C=CCN(C(C)CCNC1CC1)C1CC1. The second kappa shape index (κ2) is 5.13. The molecule has 0 aromatic rings. The summed E-state index contributed by atoms with van der Waals surface area (Å²) in [5.41, 5.74) is 0. The molecule has 0 aromatic carbocycles. The van der Waals surface area contributed by atoms with Gasteiger partial charge in [0.2, 0.25) is 0 Å². The highest BCUT2D eigenvalue weighted by atomic mass is 15.2. The summed E-state index contributed by atoms with van der Waals surface area (Å²) >= 11 is 0. The minimum atomic E-state index is 0.710. The zero-order chi connectivity index (χ0) is 10.7. The van der Waals surface area contributed by atoms with Gasteiger partial charge in [-0.1, -0.05) is 6.08 Å². The highest BCUT2D eigenvalue weighted by Gasteiger charge is 2.31. The fourth-order valence-corrected chi connectivity index (χ4v) is 2.19. The largest absolute Gasteiger partial charge is 0.314 e. The first-order valence-corrected chi connectivity index (χ1v) is 6.41. The zero-order valence-corrected chi connectivity index (χ0v) is 9.91. The first-order chi connectivity index (χ1) is 7.31. The van der Waals surface area contributed by atoms with E-state index < -0.39 is 0 Å². The average molecular weight is 208 g/mol. The van der Waals surface area contributed by atoms with Gasteiger partial charge in [0.05, 0.1) is 0 Å². The van der Waals surface area contributed by atoms with Crippen LogP contribution in [-0.2, 0) is 0 Å². The van der Waals surface area contributed by atoms with E-state index in [1.54, 1.807) is 0 Å². The summed E-state index contributed by atoms with van der Waals surface area (Å²) in [6, 6.07) is 2.42. The molecule has 1 atom stereocenters. The summed E-state index contributed by atoms with van der Waals surface area (Å²) in [6.07, 6.45) is 8.91. The van der Waals surface area contributed by atoms with Crippen molar-refractivity contribution in [1.82, 2.24) is 10.2 Å². The van der Waals surface area contributed by atoms with Crippen LogP contribution in [0.15, 0.2) is 12.7 Å². The summed E-state index contributed by atoms with van der Waals surface area (Å²) in [5, 5.41) is 3.59. The Morgan fingerprint density at radius 3 is 2.67 bits per heavy atom. The van der Waals surface area contributed by atoms with E-state index in [4.69, 9.17) is 0 Å². The molecule has 2 fully saturated rings. The highest BCUT2D eigenvalue weighted by Crippen LogP contribution is 2.29. The van der Waals surface area contributed by atoms with E-state index in [2.05, 4.69) is 23.7 Å². The van der Waals surface area contributed by atoms with Gasteiger partial charge in [-0.3, -0.25) is 4.90 Å². The molecule has 86 valence electrons. The number of nitrogens with one attached hydrogen (secondary N) is 1. The lowest BCUT2D eigenvalue weighted by molar-refractivity contribution is 0.210. The van der Waals surface area contributed by atoms with Crippen LogP contribution < -0.4 is 5.32 Å². The Morgan fingerprint density at radius 1 is 1.40 bits per heavy atom. The molecule has 0 aromatic heterocycles. The van der Waals surface area contributed by atoms with Gasteiger partial charge in [0.25, 0.3) is 0 Å². The zero-order valence-electron chi connectivity index (χ0n) is 9.91. The van der Waals surface area contributed by atoms with Crippen molar-refractivity contribution in [2.45, 2.75) is 57.2 Å². The van der Waals surface area contributed by atoms with Crippen molar-refractivity contribution in [3.8, 4) is 0 Å². The fourth-order valence-electron chi connectivity index (χ4n) is 2.19. The standard InChI is InChI=1S/C13H24N2/c1-3-10-15(13-6-7-13)11(2)8-9-14-12-4-5-12/h3,11-14H,1,4-10H2,2H3. The topological polar surface area (TPSA) is 15.3 Å². The summed E-state index contributed by atoms with van der Waals surface area (Å²) in [5.74, 6) is 0. The van der Waals surface area contributed by atoms with Crippen molar-refractivity contribution in [3.63, 3.8) is 0 Å². The molecule has 2 aliphatic carbocycles. The quantitative estimate of drug-likeness (QED) is 0.615. The maximum absolute atomic E-state index is 3.85. The summed E-state index contributed by atoms with van der Waals surface area (Å²) in [4.78, 5) is 2.61. The van der Waals surface area contributed by atoms with Crippen LogP contribution >= 0.6 is 0 Å². The van der Waals surface area contributed by atoms with E-state index in [1.165, 1.54) is 38.6 Å². The van der Waals surface area contributed by atoms with Crippen LogP contribution in [-0.4, -0.2) is 36.1 Å². The van der Waals surface area contributed by atoms with Crippen molar-refractivity contribution in [2.24, 2.45) is 0 Å². The maximum Gasteiger partial charge on any atom is 0.0166 e. The molecule has 0 aliphatic heterocycles. The van der Waals surface area contributed by atoms with Gasteiger partial charge in [0.15, 0.2) is 0 Å². The highest BCUT2D eigenvalue weighted by molar-refractivity contribution is 4.91. The Morgan fingerprint density at radius 2 is 2.13 bits per heavy atom. The molecule has 0 heterocycles. The van der Waals surface area contributed by atoms with Crippen LogP contribution in [0.1, 0.15) is 39.0 Å². The van der Waals surface area contributed by atoms with Gasteiger partial charge < -0.3 is 5.32 Å². The average Bonchev–Trinajstić information content (AvgIpc) is 3.05. The summed E-state index contributed by atoms with van der Waals surface area (Å²) in [7, 11) is 0.